The van der Waals surface area contributed by atoms with Crippen LogP contribution < -0.4 is 16.6 Å². The molecule has 168 valence electrons. The maximum atomic E-state index is 13.0. The summed E-state index contributed by atoms with van der Waals surface area (Å²) < 4.78 is 8.33. The number of aliphatic hydroxyl groups is 2. The summed E-state index contributed by atoms with van der Waals surface area (Å²) in [6.07, 6.45) is 3.41. The molecular weight excluding hydrogens is 418 g/mol. The highest BCUT2D eigenvalue weighted by Gasteiger charge is 2.35. The molecule has 2 aromatic heterocycles. The Labute approximate surface area is 181 Å². The summed E-state index contributed by atoms with van der Waals surface area (Å²) in [5, 5.41) is 22.1. The normalized spacial score (nSPS) is 21.4. The minimum atomic E-state index is -0.973. The van der Waals surface area contributed by atoms with Gasteiger partial charge in [0.25, 0.3) is 11.5 Å². The highest BCUT2D eigenvalue weighted by molar-refractivity contribution is 5.93. The summed E-state index contributed by atoms with van der Waals surface area (Å²) in [5.74, 6) is -0.675. The lowest BCUT2D eigenvalue weighted by Crippen LogP contribution is -2.40. The minimum Gasteiger partial charge on any atom is -0.394 e. The van der Waals surface area contributed by atoms with Gasteiger partial charge in [-0.1, -0.05) is 30.3 Å². The van der Waals surface area contributed by atoms with Gasteiger partial charge in [-0.2, -0.15) is 0 Å². The van der Waals surface area contributed by atoms with E-state index in [9.17, 15) is 24.6 Å². The summed E-state index contributed by atoms with van der Waals surface area (Å²) in [4.78, 5) is 43.9. The first kappa shape index (κ1) is 21.7. The van der Waals surface area contributed by atoms with Crippen LogP contribution in [0.3, 0.4) is 0 Å². The van der Waals surface area contributed by atoms with Crippen LogP contribution in [-0.2, 0) is 11.3 Å². The number of aliphatic hydroxyl groups excluding tert-OH is 2. The molecule has 3 aromatic rings. The van der Waals surface area contributed by atoms with Crippen molar-refractivity contribution in [2.75, 3.05) is 6.61 Å². The van der Waals surface area contributed by atoms with Gasteiger partial charge in [-0.15, -0.1) is 0 Å². The number of ether oxygens (including phenoxy) is 1. The van der Waals surface area contributed by atoms with E-state index < -0.39 is 48.2 Å². The highest BCUT2D eigenvalue weighted by Crippen LogP contribution is 2.27. The molecule has 1 amide bonds. The van der Waals surface area contributed by atoms with Crippen LogP contribution in [-0.4, -0.2) is 54.0 Å². The molecule has 32 heavy (non-hydrogen) atoms. The fourth-order valence-corrected chi connectivity index (χ4v) is 3.67. The molecule has 4 atom stereocenters. The molecule has 1 aromatic carbocycles. The second-order valence-corrected chi connectivity index (χ2v) is 7.52. The Kier molecular flexibility index (Phi) is 6.30. The molecule has 1 unspecified atom stereocenters. The van der Waals surface area contributed by atoms with Crippen molar-refractivity contribution in [2.24, 2.45) is 0 Å². The third-order valence-corrected chi connectivity index (χ3v) is 5.37. The molecule has 11 nitrogen and oxygen atoms in total. The molecule has 4 rings (SSSR count). The number of imidazole rings is 1. The Hall–Kier alpha value is -3.54. The Morgan fingerprint density at radius 3 is 2.75 bits per heavy atom. The van der Waals surface area contributed by atoms with Gasteiger partial charge < -0.3 is 24.8 Å². The van der Waals surface area contributed by atoms with Gasteiger partial charge in [0.15, 0.2) is 0 Å². The van der Waals surface area contributed by atoms with Crippen LogP contribution in [0.25, 0.3) is 0 Å². The maximum absolute atomic E-state index is 13.0. The third kappa shape index (κ3) is 4.54. The van der Waals surface area contributed by atoms with Gasteiger partial charge in [0, 0.05) is 31.6 Å². The van der Waals surface area contributed by atoms with Gasteiger partial charge in [0.05, 0.1) is 25.1 Å². The SMILES string of the molecule is O=C(NC(Cn1ccnc1)c1ccccc1)c1cn([C@H]2C[C@H](O)[C@@H](CO)O2)c(=O)[nH]c1=O. The molecule has 0 radical (unpaired) electrons. The van der Waals surface area contributed by atoms with Crippen LogP contribution in [0.4, 0.5) is 0 Å². The van der Waals surface area contributed by atoms with Crippen LogP contribution in [0, 0.1) is 0 Å². The summed E-state index contributed by atoms with van der Waals surface area (Å²) >= 11 is 0. The monoisotopic (exact) mass is 441 g/mol. The van der Waals surface area contributed by atoms with E-state index in [-0.39, 0.29) is 12.0 Å². The maximum Gasteiger partial charge on any atom is 0.330 e. The van der Waals surface area contributed by atoms with Crippen molar-refractivity contribution in [3.8, 4) is 0 Å². The molecule has 0 saturated carbocycles. The fourth-order valence-electron chi connectivity index (χ4n) is 3.67. The summed E-state index contributed by atoms with van der Waals surface area (Å²) in [7, 11) is 0. The van der Waals surface area contributed by atoms with E-state index in [4.69, 9.17) is 4.74 Å². The molecule has 1 saturated heterocycles. The second-order valence-electron chi connectivity index (χ2n) is 7.52. The number of benzene rings is 1. The zero-order valence-corrected chi connectivity index (χ0v) is 17.0. The van der Waals surface area contributed by atoms with E-state index in [1.165, 1.54) is 0 Å². The molecule has 1 fully saturated rings. The second kappa shape index (κ2) is 9.30. The predicted octanol–water partition coefficient (Wildman–Crippen LogP) is -0.455. The van der Waals surface area contributed by atoms with Gasteiger partial charge in [-0.25, -0.2) is 9.78 Å². The Bertz CT molecular complexity index is 1170. The van der Waals surface area contributed by atoms with Crippen molar-refractivity contribution in [1.29, 1.82) is 0 Å². The lowest BCUT2D eigenvalue weighted by molar-refractivity contribution is -0.0459. The van der Waals surface area contributed by atoms with E-state index in [0.717, 1.165) is 16.3 Å². The fraction of sp³-hybridized carbons (Fsp3) is 0.333. The molecule has 0 bridgehead atoms. The number of nitrogens with one attached hydrogen (secondary N) is 2. The largest absolute Gasteiger partial charge is 0.394 e. The number of hydrogen-bond acceptors (Lipinski definition) is 7. The van der Waals surface area contributed by atoms with Gasteiger partial charge in [-0.3, -0.25) is 19.1 Å². The molecule has 11 heteroatoms. The first-order chi connectivity index (χ1) is 15.5. The standard InChI is InChI=1S/C21H23N5O6/c27-11-17-16(28)8-18(32-17)26-9-14(20(30)24-21(26)31)19(29)23-15(10-25-7-6-22-12-25)13-4-2-1-3-5-13/h1-7,9,12,15-18,27-28H,8,10-11H2,(H,23,29)(H,24,30,31)/t15?,16-,17+,18+/m0/s1. The zero-order valence-electron chi connectivity index (χ0n) is 17.0. The Morgan fingerprint density at radius 1 is 1.31 bits per heavy atom. The number of aromatic nitrogens is 4. The molecule has 4 N–H and O–H groups in total. The third-order valence-electron chi connectivity index (χ3n) is 5.37. The summed E-state index contributed by atoms with van der Waals surface area (Å²) in [6.45, 7) is -0.0421. The molecule has 0 spiro atoms. The molecule has 1 aliphatic heterocycles. The number of aromatic amines is 1. The number of carbonyl (C=O) groups is 1. The first-order valence-corrected chi connectivity index (χ1v) is 10.1. The van der Waals surface area contributed by atoms with Crippen molar-refractivity contribution in [3.05, 3.63) is 87.2 Å². The Balaban J connectivity index is 1.61. The average molecular weight is 441 g/mol. The van der Waals surface area contributed by atoms with E-state index in [0.29, 0.717) is 6.54 Å². The van der Waals surface area contributed by atoms with Crippen LogP contribution >= 0.6 is 0 Å². The lowest BCUT2D eigenvalue weighted by Gasteiger charge is -2.20. The van der Waals surface area contributed by atoms with Gasteiger partial charge in [-0.05, 0) is 5.56 Å². The van der Waals surface area contributed by atoms with Crippen LogP contribution in [0.1, 0.15) is 34.6 Å². The van der Waals surface area contributed by atoms with Crippen LogP contribution in [0.15, 0.2) is 64.8 Å². The molecule has 1 aliphatic rings. The van der Waals surface area contributed by atoms with Crippen molar-refractivity contribution in [3.63, 3.8) is 0 Å². The van der Waals surface area contributed by atoms with Gasteiger partial charge in [0.2, 0.25) is 0 Å². The minimum absolute atomic E-state index is 0.0332. The van der Waals surface area contributed by atoms with E-state index >= 15 is 0 Å². The van der Waals surface area contributed by atoms with Crippen molar-refractivity contribution >= 4 is 5.91 Å². The number of amides is 1. The average Bonchev–Trinajstić information content (AvgIpc) is 3.43. The van der Waals surface area contributed by atoms with Crippen LogP contribution in [0.2, 0.25) is 0 Å². The molecule has 3 heterocycles. The van der Waals surface area contributed by atoms with Crippen molar-refractivity contribution < 1.29 is 19.7 Å². The number of rotatable bonds is 7. The number of H-pyrrole nitrogens is 1. The number of hydrogen-bond donors (Lipinski definition) is 4. The Morgan fingerprint density at radius 2 is 2.09 bits per heavy atom. The summed E-state index contributed by atoms with van der Waals surface area (Å²) in [6, 6.07) is 8.79. The van der Waals surface area contributed by atoms with E-state index in [2.05, 4.69) is 15.3 Å². The van der Waals surface area contributed by atoms with Crippen molar-refractivity contribution in [2.45, 2.75) is 37.4 Å². The van der Waals surface area contributed by atoms with Crippen LogP contribution in [0.5, 0.6) is 0 Å². The topological polar surface area (TPSA) is 151 Å². The lowest BCUT2D eigenvalue weighted by atomic mass is 10.1. The van der Waals surface area contributed by atoms with E-state index in [1.54, 1.807) is 23.3 Å². The predicted molar refractivity (Wildman–Crippen MR) is 112 cm³/mol. The number of carbonyl (C=O) groups excluding carboxylic acids is 1. The first-order valence-electron chi connectivity index (χ1n) is 10.1. The van der Waals surface area contributed by atoms with Gasteiger partial charge in [0.1, 0.15) is 17.9 Å². The number of nitrogens with zero attached hydrogens (tertiary/aromatic N) is 3. The zero-order chi connectivity index (χ0) is 22.7. The van der Waals surface area contributed by atoms with Crippen molar-refractivity contribution in [1.82, 2.24) is 24.4 Å². The smallest absolute Gasteiger partial charge is 0.330 e. The molecule has 0 aliphatic carbocycles. The van der Waals surface area contributed by atoms with Gasteiger partial charge >= 0.3 is 5.69 Å². The van der Waals surface area contributed by atoms with E-state index in [1.807, 2.05) is 30.3 Å². The molecular formula is C21H23N5O6. The quantitative estimate of drug-likeness (QED) is 0.387. The summed E-state index contributed by atoms with van der Waals surface area (Å²) in [5.41, 5.74) is -1.06. The highest BCUT2D eigenvalue weighted by atomic mass is 16.5.